The number of fused-ring (bicyclic) bond motifs is 1. The van der Waals surface area contributed by atoms with Gasteiger partial charge in [-0.25, -0.2) is 13.6 Å². The molecule has 1 saturated heterocycles. The zero-order valence-corrected chi connectivity index (χ0v) is 16.6. The zero-order chi connectivity index (χ0) is 21.3. The van der Waals surface area contributed by atoms with E-state index in [0.717, 1.165) is 11.6 Å². The molecule has 0 saturated carbocycles. The zero-order valence-electron chi connectivity index (χ0n) is 16.6. The minimum Gasteiger partial charge on any atom is -0.450 e. The quantitative estimate of drug-likeness (QED) is 0.815. The molecule has 0 unspecified atom stereocenters. The summed E-state index contributed by atoms with van der Waals surface area (Å²) in [6.45, 7) is 3.02. The molecule has 1 fully saturated rings. The highest BCUT2D eigenvalue weighted by Gasteiger charge is 2.42. The first-order valence-electron chi connectivity index (χ1n) is 10.0. The van der Waals surface area contributed by atoms with E-state index in [1.165, 1.54) is 12.1 Å². The van der Waals surface area contributed by atoms with Gasteiger partial charge in [0.2, 0.25) is 0 Å². The Morgan fingerprint density at radius 2 is 1.90 bits per heavy atom. The third-order valence-electron chi connectivity index (χ3n) is 5.61. The fourth-order valence-electron chi connectivity index (χ4n) is 4.16. The topological polar surface area (TPSA) is 61.9 Å². The molecule has 0 radical (unpaired) electrons. The third kappa shape index (κ3) is 3.69. The second-order valence-corrected chi connectivity index (χ2v) is 7.39. The van der Waals surface area contributed by atoms with Crippen LogP contribution in [0.3, 0.4) is 0 Å². The number of ether oxygens (including phenoxy) is 1. The van der Waals surface area contributed by atoms with Crippen molar-refractivity contribution in [2.45, 2.75) is 32.0 Å². The average Bonchev–Trinajstić information content (AvgIpc) is 3.02. The predicted molar refractivity (Wildman–Crippen MR) is 107 cm³/mol. The Kier molecular flexibility index (Phi) is 5.57. The van der Waals surface area contributed by atoms with Crippen molar-refractivity contribution in [3.63, 3.8) is 0 Å². The molecule has 30 heavy (non-hydrogen) atoms. The molecule has 6 nitrogen and oxygen atoms in total. The van der Waals surface area contributed by atoms with E-state index in [0.29, 0.717) is 38.1 Å². The second-order valence-electron chi connectivity index (χ2n) is 7.39. The summed E-state index contributed by atoms with van der Waals surface area (Å²) in [5.74, 6) is -1.52. The lowest BCUT2D eigenvalue weighted by Crippen LogP contribution is -2.49. The molecule has 1 atom stereocenters. The van der Waals surface area contributed by atoms with Crippen LogP contribution in [0, 0.1) is 11.6 Å². The van der Waals surface area contributed by atoms with Crippen molar-refractivity contribution in [1.82, 2.24) is 9.80 Å². The lowest BCUT2D eigenvalue weighted by Gasteiger charge is -2.39. The van der Waals surface area contributed by atoms with Crippen LogP contribution in [0.1, 0.15) is 41.9 Å². The van der Waals surface area contributed by atoms with Crippen LogP contribution in [0.2, 0.25) is 0 Å². The van der Waals surface area contributed by atoms with E-state index in [2.05, 4.69) is 5.32 Å². The minimum absolute atomic E-state index is 0.125. The van der Waals surface area contributed by atoms with Gasteiger partial charge in [-0.2, -0.15) is 0 Å². The number of amides is 2. The van der Waals surface area contributed by atoms with Crippen LogP contribution in [0.25, 0.3) is 0 Å². The Morgan fingerprint density at radius 3 is 2.60 bits per heavy atom. The Balaban J connectivity index is 1.58. The summed E-state index contributed by atoms with van der Waals surface area (Å²) in [6, 6.07) is 10.4. The van der Waals surface area contributed by atoms with Gasteiger partial charge in [0, 0.05) is 36.3 Å². The summed E-state index contributed by atoms with van der Waals surface area (Å²) < 4.78 is 32.7. The van der Waals surface area contributed by atoms with E-state index in [4.69, 9.17) is 4.74 Å². The van der Waals surface area contributed by atoms with Crippen LogP contribution in [0.5, 0.6) is 0 Å². The highest BCUT2D eigenvalue weighted by molar-refractivity contribution is 5.99. The van der Waals surface area contributed by atoms with Crippen LogP contribution in [0.4, 0.5) is 19.3 Å². The Bertz CT molecular complexity index is 960. The molecule has 4 rings (SSSR count). The van der Waals surface area contributed by atoms with Gasteiger partial charge in [-0.1, -0.05) is 18.2 Å². The van der Waals surface area contributed by atoms with Gasteiger partial charge in [0.1, 0.15) is 17.8 Å². The van der Waals surface area contributed by atoms with Crippen LogP contribution >= 0.6 is 0 Å². The smallest absolute Gasteiger partial charge is 0.409 e. The monoisotopic (exact) mass is 415 g/mol. The highest BCUT2D eigenvalue weighted by Crippen LogP contribution is 2.38. The second kappa shape index (κ2) is 8.30. The van der Waals surface area contributed by atoms with Gasteiger partial charge in [0.05, 0.1) is 12.3 Å². The molecule has 1 N–H and O–H groups in total. The first-order chi connectivity index (χ1) is 14.5. The molecule has 8 heteroatoms. The average molecular weight is 415 g/mol. The van der Waals surface area contributed by atoms with Gasteiger partial charge in [0.25, 0.3) is 5.91 Å². The number of nitrogens with one attached hydrogen (secondary N) is 1. The lowest BCUT2D eigenvalue weighted by molar-refractivity contribution is 0.0496. The van der Waals surface area contributed by atoms with Crippen LogP contribution < -0.4 is 5.32 Å². The van der Waals surface area contributed by atoms with Crippen molar-refractivity contribution in [3.8, 4) is 0 Å². The van der Waals surface area contributed by atoms with Gasteiger partial charge < -0.3 is 19.9 Å². The Labute approximate surface area is 173 Å². The minimum atomic E-state index is -0.719. The van der Waals surface area contributed by atoms with Crippen molar-refractivity contribution in [2.75, 3.05) is 25.0 Å². The number of halogens is 2. The normalized spacial score (nSPS) is 19.0. The summed E-state index contributed by atoms with van der Waals surface area (Å²) in [5.41, 5.74) is 1.43. The highest BCUT2D eigenvalue weighted by atomic mass is 19.1. The maximum Gasteiger partial charge on any atom is 0.409 e. The molecular formula is C22H23F2N3O3. The fraction of sp³-hybridized carbons (Fsp3) is 0.364. The molecule has 0 aliphatic carbocycles. The largest absolute Gasteiger partial charge is 0.450 e. The van der Waals surface area contributed by atoms with E-state index >= 15 is 0 Å². The maximum atomic E-state index is 14.3. The number of carbonyl (C=O) groups excluding carboxylic acids is 2. The molecule has 2 aliphatic rings. The molecule has 0 aromatic heterocycles. The number of nitrogens with zero attached hydrogens (tertiary/aromatic N) is 2. The van der Waals surface area contributed by atoms with Crippen molar-refractivity contribution in [3.05, 3.63) is 65.2 Å². The van der Waals surface area contributed by atoms with Crippen LogP contribution in [0.15, 0.2) is 42.5 Å². The SMILES string of the molecule is CCOC(=O)N1CCC(N2C(=O)c3ccccc3[C@H]2Nc2ccc(F)cc2F)CC1. The van der Waals surface area contributed by atoms with E-state index < -0.39 is 17.8 Å². The summed E-state index contributed by atoms with van der Waals surface area (Å²) in [5, 5.41) is 3.08. The van der Waals surface area contributed by atoms with E-state index in [-0.39, 0.29) is 23.7 Å². The summed E-state index contributed by atoms with van der Waals surface area (Å²) in [6.07, 6.45) is 0.244. The predicted octanol–water partition coefficient (Wildman–Crippen LogP) is 4.15. The van der Waals surface area contributed by atoms with Crippen molar-refractivity contribution >= 4 is 17.7 Å². The molecule has 2 aromatic carbocycles. The number of anilines is 1. The fourth-order valence-corrected chi connectivity index (χ4v) is 4.16. The van der Waals surface area contributed by atoms with Crippen molar-refractivity contribution < 1.29 is 23.1 Å². The van der Waals surface area contributed by atoms with Crippen molar-refractivity contribution in [2.24, 2.45) is 0 Å². The van der Waals surface area contributed by atoms with E-state index in [9.17, 15) is 18.4 Å². The number of rotatable bonds is 4. The first kappa shape index (κ1) is 20.1. The van der Waals surface area contributed by atoms with Gasteiger partial charge in [-0.15, -0.1) is 0 Å². The lowest BCUT2D eigenvalue weighted by atomic mass is 10.0. The summed E-state index contributed by atoms with van der Waals surface area (Å²) >= 11 is 0. The molecular weight excluding hydrogens is 392 g/mol. The number of carbonyl (C=O) groups is 2. The molecule has 2 heterocycles. The first-order valence-corrected chi connectivity index (χ1v) is 10.0. The Morgan fingerprint density at radius 1 is 1.17 bits per heavy atom. The number of hydrogen-bond donors (Lipinski definition) is 1. The maximum absolute atomic E-state index is 14.3. The standard InChI is InChI=1S/C22H23F2N3O3/c1-2-30-22(29)26-11-9-15(10-12-26)27-20(16-5-3-4-6-17(16)21(27)28)25-19-8-7-14(23)13-18(19)24/h3-8,13,15,20,25H,2,9-12H2,1H3/t20-/m0/s1. The van der Waals surface area contributed by atoms with Crippen LogP contribution in [-0.4, -0.2) is 47.5 Å². The number of hydrogen-bond acceptors (Lipinski definition) is 4. The molecule has 158 valence electrons. The van der Waals surface area contributed by atoms with Crippen LogP contribution in [-0.2, 0) is 4.74 Å². The molecule has 2 amide bonds. The van der Waals surface area contributed by atoms with Gasteiger partial charge in [-0.05, 0) is 38.0 Å². The van der Waals surface area contributed by atoms with E-state index in [1.54, 1.807) is 28.9 Å². The van der Waals surface area contributed by atoms with Gasteiger partial charge in [-0.3, -0.25) is 4.79 Å². The number of benzene rings is 2. The van der Waals surface area contributed by atoms with Gasteiger partial charge in [0.15, 0.2) is 0 Å². The number of likely N-dealkylation sites (tertiary alicyclic amines) is 1. The molecule has 0 spiro atoms. The molecule has 2 aliphatic heterocycles. The summed E-state index contributed by atoms with van der Waals surface area (Å²) in [4.78, 5) is 28.5. The van der Waals surface area contributed by atoms with E-state index in [1.807, 2.05) is 12.1 Å². The Hall–Kier alpha value is -3.16. The third-order valence-corrected chi connectivity index (χ3v) is 5.61. The van der Waals surface area contributed by atoms with Gasteiger partial charge >= 0.3 is 6.09 Å². The molecule has 0 bridgehead atoms. The molecule has 2 aromatic rings. The number of piperidine rings is 1. The van der Waals surface area contributed by atoms with Crippen molar-refractivity contribution in [1.29, 1.82) is 0 Å². The summed E-state index contributed by atoms with van der Waals surface area (Å²) in [7, 11) is 0.